The van der Waals surface area contributed by atoms with E-state index >= 15 is 0 Å². The van der Waals surface area contributed by atoms with Crippen molar-refractivity contribution in [2.24, 2.45) is 11.7 Å². The van der Waals surface area contributed by atoms with Crippen molar-refractivity contribution in [2.75, 3.05) is 13.1 Å². The Balaban J connectivity index is 1.83. The minimum atomic E-state index is 0.318. The van der Waals surface area contributed by atoms with Gasteiger partial charge in [0.1, 0.15) is 0 Å². The second-order valence-corrected chi connectivity index (χ2v) is 5.91. The summed E-state index contributed by atoms with van der Waals surface area (Å²) in [7, 11) is 0. The maximum absolute atomic E-state index is 5.79. The molecule has 1 heterocycles. The molecule has 1 fully saturated rings. The van der Waals surface area contributed by atoms with E-state index in [1.54, 1.807) is 11.3 Å². The lowest BCUT2D eigenvalue weighted by Gasteiger charge is -2.15. The number of nitrogens with two attached hydrogens (primary N) is 1. The first kappa shape index (κ1) is 11.6. The Morgan fingerprint density at radius 2 is 2.40 bits per heavy atom. The molecule has 15 heavy (non-hydrogen) atoms. The van der Waals surface area contributed by atoms with Gasteiger partial charge in [-0.2, -0.15) is 0 Å². The summed E-state index contributed by atoms with van der Waals surface area (Å²) in [6.45, 7) is 1.76. The number of nitrogens with one attached hydrogen (secondary N) is 1. The van der Waals surface area contributed by atoms with Crippen molar-refractivity contribution in [3.05, 3.63) is 20.8 Å². The molecule has 1 atom stereocenters. The van der Waals surface area contributed by atoms with E-state index in [0.717, 1.165) is 12.5 Å². The van der Waals surface area contributed by atoms with Crippen LogP contribution in [0.25, 0.3) is 0 Å². The molecular weight excluding hydrogens is 272 g/mol. The second-order valence-electron chi connectivity index (χ2n) is 4.11. The molecular formula is C11H17BrN2S. The fourth-order valence-corrected chi connectivity index (χ4v) is 3.44. The van der Waals surface area contributed by atoms with Gasteiger partial charge in [-0.1, -0.05) is 12.8 Å². The van der Waals surface area contributed by atoms with Crippen molar-refractivity contribution in [3.8, 4) is 0 Å². The van der Waals surface area contributed by atoms with Gasteiger partial charge in [-0.25, -0.2) is 0 Å². The molecule has 1 aromatic rings. The molecule has 0 amide bonds. The predicted molar refractivity (Wildman–Crippen MR) is 69.2 cm³/mol. The molecule has 84 valence electrons. The lowest BCUT2D eigenvalue weighted by molar-refractivity contribution is 0.521. The average molecular weight is 289 g/mol. The van der Waals surface area contributed by atoms with Gasteiger partial charge in [0, 0.05) is 15.9 Å². The van der Waals surface area contributed by atoms with Crippen LogP contribution in [0.2, 0.25) is 0 Å². The monoisotopic (exact) mass is 288 g/mol. The summed E-state index contributed by atoms with van der Waals surface area (Å²) in [6, 6.07) is 2.41. The quantitative estimate of drug-likeness (QED) is 0.845. The minimum Gasteiger partial charge on any atom is -0.329 e. The first-order valence-electron chi connectivity index (χ1n) is 5.47. The number of hydrogen-bond acceptors (Lipinski definition) is 3. The lowest BCUT2D eigenvalue weighted by atomic mass is 10.2. The van der Waals surface area contributed by atoms with E-state index < -0.39 is 0 Å². The Hall–Kier alpha value is 0.100. The van der Waals surface area contributed by atoms with Crippen molar-refractivity contribution in [3.63, 3.8) is 0 Å². The van der Waals surface area contributed by atoms with Gasteiger partial charge in [0.25, 0.3) is 0 Å². The molecule has 0 bridgehead atoms. The third kappa shape index (κ3) is 3.28. The summed E-state index contributed by atoms with van der Waals surface area (Å²) in [4.78, 5) is 1.33. The van der Waals surface area contributed by atoms with Crippen LogP contribution in [0.5, 0.6) is 0 Å². The smallest absolute Gasteiger partial charge is 0.0550 e. The zero-order valence-electron chi connectivity index (χ0n) is 8.71. The van der Waals surface area contributed by atoms with Crippen LogP contribution in [0.3, 0.4) is 0 Å². The van der Waals surface area contributed by atoms with Crippen LogP contribution in [-0.2, 0) is 0 Å². The second kappa shape index (κ2) is 5.43. The minimum absolute atomic E-state index is 0.318. The molecule has 0 radical (unpaired) electrons. The molecule has 0 aromatic carbocycles. The highest BCUT2D eigenvalue weighted by Crippen LogP contribution is 2.32. The normalized spacial score (nSPS) is 18.0. The summed E-state index contributed by atoms with van der Waals surface area (Å²) in [5, 5.41) is 5.64. The van der Waals surface area contributed by atoms with E-state index in [1.807, 2.05) is 0 Å². The maximum Gasteiger partial charge on any atom is 0.0550 e. The average Bonchev–Trinajstić information content (AvgIpc) is 2.96. The van der Waals surface area contributed by atoms with Crippen molar-refractivity contribution in [1.82, 2.24) is 5.32 Å². The van der Waals surface area contributed by atoms with Crippen molar-refractivity contribution in [1.29, 1.82) is 0 Å². The topological polar surface area (TPSA) is 38.0 Å². The Labute approximate surface area is 103 Å². The van der Waals surface area contributed by atoms with Gasteiger partial charge < -0.3 is 11.1 Å². The van der Waals surface area contributed by atoms with E-state index in [4.69, 9.17) is 5.73 Å². The van der Waals surface area contributed by atoms with Gasteiger partial charge in [0.05, 0.1) is 6.04 Å². The van der Waals surface area contributed by atoms with Crippen LogP contribution in [0.1, 0.15) is 30.2 Å². The van der Waals surface area contributed by atoms with Gasteiger partial charge >= 0.3 is 0 Å². The zero-order chi connectivity index (χ0) is 10.7. The maximum atomic E-state index is 5.79. The highest BCUT2D eigenvalue weighted by molar-refractivity contribution is 9.10. The largest absolute Gasteiger partial charge is 0.329 e. The van der Waals surface area contributed by atoms with Crippen LogP contribution in [0.4, 0.5) is 0 Å². The highest BCUT2D eigenvalue weighted by atomic mass is 79.9. The molecule has 1 aliphatic rings. The molecule has 2 rings (SSSR count). The van der Waals surface area contributed by atoms with Crippen molar-refractivity contribution in [2.45, 2.75) is 25.3 Å². The number of halogens is 1. The number of rotatable bonds is 6. The number of hydrogen-bond donors (Lipinski definition) is 2. The number of thiophene rings is 1. The summed E-state index contributed by atoms with van der Waals surface area (Å²) in [5.41, 5.74) is 5.79. The fourth-order valence-electron chi connectivity index (χ4n) is 1.71. The van der Waals surface area contributed by atoms with E-state index in [0.29, 0.717) is 12.6 Å². The molecule has 2 nitrogen and oxygen atoms in total. The van der Waals surface area contributed by atoms with Crippen molar-refractivity contribution < 1.29 is 0 Å². The Morgan fingerprint density at radius 1 is 1.60 bits per heavy atom. The van der Waals surface area contributed by atoms with Gasteiger partial charge in [-0.15, -0.1) is 11.3 Å². The van der Waals surface area contributed by atoms with E-state index in [2.05, 4.69) is 32.7 Å². The van der Waals surface area contributed by atoms with Gasteiger partial charge in [-0.05, 0) is 46.3 Å². The molecule has 3 N–H and O–H groups in total. The molecule has 1 saturated carbocycles. The SMILES string of the molecule is NCC(NCCC1CC1)c1sccc1Br. The molecule has 1 unspecified atom stereocenters. The van der Waals surface area contributed by atoms with Gasteiger partial charge in [-0.3, -0.25) is 0 Å². The van der Waals surface area contributed by atoms with Crippen LogP contribution in [0.15, 0.2) is 15.9 Å². The van der Waals surface area contributed by atoms with Gasteiger partial charge in [0.15, 0.2) is 0 Å². The van der Waals surface area contributed by atoms with E-state index in [9.17, 15) is 0 Å². The molecule has 1 aromatic heterocycles. The molecule has 4 heteroatoms. The van der Waals surface area contributed by atoms with Crippen LogP contribution >= 0.6 is 27.3 Å². The Kier molecular flexibility index (Phi) is 4.20. The highest BCUT2D eigenvalue weighted by Gasteiger charge is 2.21. The molecule has 0 saturated heterocycles. The fraction of sp³-hybridized carbons (Fsp3) is 0.636. The van der Waals surface area contributed by atoms with Crippen LogP contribution < -0.4 is 11.1 Å². The Morgan fingerprint density at radius 3 is 2.93 bits per heavy atom. The summed E-state index contributed by atoms with van der Waals surface area (Å²) in [5.74, 6) is 0.989. The standard InChI is InChI=1S/C11H17BrN2S/c12-9-4-6-15-11(9)10(7-13)14-5-3-8-1-2-8/h4,6,8,10,14H,1-3,5,7,13H2. The zero-order valence-corrected chi connectivity index (χ0v) is 11.1. The van der Waals surface area contributed by atoms with Gasteiger partial charge in [0.2, 0.25) is 0 Å². The summed E-state index contributed by atoms with van der Waals surface area (Å²) in [6.07, 6.45) is 4.16. The Bertz CT molecular complexity index is 309. The molecule has 1 aliphatic carbocycles. The predicted octanol–water partition coefficient (Wildman–Crippen LogP) is 2.90. The summed E-state index contributed by atoms with van der Waals surface area (Å²) < 4.78 is 1.18. The first-order valence-corrected chi connectivity index (χ1v) is 7.15. The molecule has 0 aliphatic heterocycles. The first-order chi connectivity index (χ1) is 7.31. The van der Waals surface area contributed by atoms with Crippen LogP contribution in [0, 0.1) is 5.92 Å². The van der Waals surface area contributed by atoms with E-state index in [-0.39, 0.29) is 0 Å². The van der Waals surface area contributed by atoms with Crippen molar-refractivity contribution >= 4 is 27.3 Å². The van der Waals surface area contributed by atoms with E-state index in [1.165, 1.54) is 28.6 Å². The molecule has 0 spiro atoms. The third-order valence-electron chi connectivity index (χ3n) is 2.84. The third-order valence-corrected chi connectivity index (χ3v) is 4.82. The van der Waals surface area contributed by atoms with Crippen LogP contribution in [-0.4, -0.2) is 13.1 Å². The lowest BCUT2D eigenvalue weighted by Crippen LogP contribution is -2.28. The summed E-state index contributed by atoms with van der Waals surface area (Å²) >= 11 is 5.32.